The van der Waals surface area contributed by atoms with Crippen molar-refractivity contribution in [3.05, 3.63) is 54.1 Å². The lowest BCUT2D eigenvalue weighted by molar-refractivity contribution is 0.0708. The highest BCUT2D eigenvalue weighted by Gasteiger charge is 2.13. The molecule has 0 bridgehead atoms. The van der Waals surface area contributed by atoms with Crippen molar-refractivity contribution in [2.75, 3.05) is 0 Å². The fraction of sp³-hybridized carbons (Fsp3) is 0. The summed E-state index contributed by atoms with van der Waals surface area (Å²) in [4.78, 5) is 19.1. The third-order valence-corrected chi connectivity index (χ3v) is 2.91. The van der Waals surface area contributed by atoms with Gasteiger partial charge in [-0.05, 0) is 12.1 Å². The second kappa shape index (κ2) is 4.55. The molecule has 0 atom stereocenters. The summed E-state index contributed by atoms with van der Waals surface area (Å²) in [7, 11) is 0. The number of rotatable bonds is 2. The fourth-order valence-corrected chi connectivity index (χ4v) is 2.01. The van der Waals surface area contributed by atoms with Gasteiger partial charge in [0.1, 0.15) is 11.3 Å². The van der Waals surface area contributed by atoms with Gasteiger partial charge in [0.15, 0.2) is 0 Å². The van der Waals surface area contributed by atoms with Crippen LogP contribution in [0.3, 0.4) is 0 Å². The minimum absolute atomic E-state index is 0.332. The van der Waals surface area contributed by atoms with Crippen LogP contribution in [0, 0.1) is 0 Å². The van der Waals surface area contributed by atoms with Gasteiger partial charge in [0.25, 0.3) is 5.91 Å². The molecule has 0 aliphatic rings. The number of hydroxylamine groups is 1. The van der Waals surface area contributed by atoms with E-state index in [1.54, 1.807) is 17.6 Å². The van der Waals surface area contributed by atoms with Crippen molar-refractivity contribution in [3.8, 4) is 11.4 Å². The highest BCUT2D eigenvalue weighted by Crippen LogP contribution is 2.22. The lowest BCUT2D eigenvalue weighted by Gasteiger charge is -1.98. The number of carbonyl (C=O) groups is 1. The van der Waals surface area contributed by atoms with Crippen LogP contribution in [-0.2, 0) is 0 Å². The van der Waals surface area contributed by atoms with Gasteiger partial charge in [-0.2, -0.15) is 0 Å². The number of aromatic amines is 1. The van der Waals surface area contributed by atoms with Crippen molar-refractivity contribution in [1.82, 2.24) is 15.4 Å². The van der Waals surface area contributed by atoms with E-state index >= 15 is 0 Å². The maximum Gasteiger partial charge on any atom is 0.276 e. The van der Waals surface area contributed by atoms with Crippen LogP contribution in [0.2, 0.25) is 0 Å². The van der Waals surface area contributed by atoms with Crippen LogP contribution in [0.25, 0.3) is 22.4 Å². The SMILES string of the molecule is O=C(NO)c1cccc2[nH]c(-c3ccccc3)nc12. The molecule has 1 heterocycles. The van der Waals surface area contributed by atoms with Crippen molar-refractivity contribution in [3.63, 3.8) is 0 Å². The summed E-state index contributed by atoms with van der Waals surface area (Å²) < 4.78 is 0. The minimum atomic E-state index is -0.572. The molecule has 1 aromatic heterocycles. The summed E-state index contributed by atoms with van der Waals surface area (Å²) in [6, 6.07) is 14.8. The summed E-state index contributed by atoms with van der Waals surface area (Å²) in [5.41, 5.74) is 4.19. The fourth-order valence-electron chi connectivity index (χ4n) is 2.01. The summed E-state index contributed by atoms with van der Waals surface area (Å²) in [6.45, 7) is 0. The van der Waals surface area contributed by atoms with Crippen molar-refractivity contribution >= 4 is 16.9 Å². The highest BCUT2D eigenvalue weighted by atomic mass is 16.5. The third-order valence-electron chi connectivity index (χ3n) is 2.91. The zero-order valence-corrected chi connectivity index (χ0v) is 9.92. The van der Waals surface area contributed by atoms with Gasteiger partial charge in [-0.15, -0.1) is 0 Å². The molecule has 5 heteroatoms. The van der Waals surface area contributed by atoms with E-state index in [-0.39, 0.29) is 0 Å². The van der Waals surface area contributed by atoms with E-state index in [4.69, 9.17) is 5.21 Å². The van der Waals surface area contributed by atoms with E-state index in [9.17, 15) is 4.79 Å². The zero-order chi connectivity index (χ0) is 13.2. The summed E-state index contributed by atoms with van der Waals surface area (Å²) >= 11 is 0. The largest absolute Gasteiger partial charge is 0.338 e. The van der Waals surface area contributed by atoms with Gasteiger partial charge in [0.2, 0.25) is 0 Å². The van der Waals surface area contributed by atoms with Crippen molar-refractivity contribution < 1.29 is 10.0 Å². The summed E-state index contributed by atoms with van der Waals surface area (Å²) in [6.07, 6.45) is 0. The van der Waals surface area contributed by atoms with Crippen LogP contribution < -0.4 is 5.48 Å². The average Bonchev–Trinajstić information content (AvgIpc) is 2.91. The van der Waals surface area contributed by atoms with E-state index in [0.29, 0.717) is 16.9 Å². The molecular weight excluding hydrogens is 242 g/mol. The Labute approximate surface area is 108 Å². The lowest BCUT2D eigenvalue weighted by atomic mass is 10.2. The molecule has 0 aliphatic heterocycles. The van der Waals surface area contributed by atoms with Crippen LogP contribution in [0.5, 0.6) is 0 Å². The van der Waals surface area contributed by atoms with E-state index in [1.165, 1.54) is 0 Å². The molecule has 1 amide bonds. The van der Waals surface area contributed by atoms with Gasteiger partial charge in [-0.3, -0.25) is 10.0 Å². The maximum absolute atomic E-state index is 11.6. The molecule has 0 aliphatic carbocycles. The molecule has 0 fully saturated rings. The quantitative estimate of drug-likeness (QED) is 0.484. The van der Waals surface area contributed by atoms with Gasteiger partial charge in [0.05, 0.1) is 11.1 Å². The number of aromatic nitrogens is 2. The first-order chi connectivity index (χ1) is 9.29. The van der Waals surface area contributed by atoms with Gasteiger partial charge in [0, 0.05) is 5.56 Å². The number of carbonyl (C=O) groups excluding carboxylic acids is 1. The Kier molecular flexibility index (Phi) is 2.74. The van der Waals surface area contributed by atoms with E-state index in [2.05, 4.69) is 9.97 Å². The molecule has 19 heavy (non-hydrogen) atoms. The van der Waals surface area contributed by atoms with Crippen molar-refractivity contribution in [2.24, 2.45) is 0 Å². The predicted octanol–water partition coefficient (Wildman–Crippen LogP) is 2.35. The second-order valence-electron chi connectivity index (χ2n) is 4.09. The number of hydrogen-bond donors (Lipinski definition) is 3. The number of amides is 1. The van der Waals surface area contributed by atoms with Crippen LogP contribution in [0.15, 0.2) is 48.5 Å². The maximum atomic E-state index is 11.6. The number of para-hydroxylation sites is 1. The Balaban J connectivity index is 2.19. The van der Waals surface area contributed by atoms with Crippen LogP contribution >= 0.6 is 0 Å². The highest BCUT2D eigenvalue weighted by molar-refractivity contribution is 6.04. The molecule has 2 aromatic carbocycles. The Bertz CT molecular complexity index is 735. The molecule has 3 rings (SSSR count). The summed E-state index contributed by atoms with van der Waals surface area (Å²) in [5.74, 6) is 0.116. The molecule has 0 saturated heterocycles. The standard InChI is InChI=1S/C14H11N3O2/c18-14(17-19)10-7-4-8-11-12(10)16-13(15-11)9-5-2-1-3-6-9/h1-8,19H,(H,15,16)(H,17,18). The van der Waals surface area contributed by atoms with E-state index < -0.39 is 5.91 Å². The third kappa shape index (κ3) is 1.96. The monoisotopic (exact) mass is 253 g/mol. The first-order valence-electron chi connectivity index (χ1n) is 5.78. The topological polar surface area (TPSA) is 78.0 Å². The molecule has 0 unspecified atom stereocenters. The molecule has 0 saturated carbocycles. The number of fused-ring (bicyclic) bond motifs is 1. The number of nitrogens with one attached hydrogen (secondary N) is 2. The minimum Gasteiger partial charge on any atom is -0.338 e. The van der Waals surface area contributed by atoms with Crippen LogP contribution in [0.1, 0.15) is 10.4 Å². The van der Waals surface area contributed by atoms with Crippen LogP contribution in [0.4, 0.5) is 0 Å². The molecule has 94 valence electrons. The second-order valence-corrected chi connectivity index (χ2v) is 4.09. The Morgan fingerprint density at radius 1 is 1.11 bits per heavy atom. The molecule has 0 radical (unpaired) electrons. The zero-order valence-electron chi connectivity index (χ0n) is 9.92. The Morgan fingerprint density at radius 3 is 2.63 bits per heavy atom. The number of nitrogens with zero attached hydrogens (tertiary/aromatic N) is 1. The molecule has 3 N–H and O–H groups in total. The van der Waals surface area contributed by atoms with Crippen LogP contribution in [-0.4, -0.2) is 21.1 Å². The number of imidazole rings is 1. The van der Waals surface area contributed by atoms with E-state index in [1.807, 2.05) is 36.4 Å². The molecule has 5 nitrogen and oxygen atoms in total. The Morgan fingerprint density at radius 2 is 1.89 bits per heavy atom. The number of benzene rings is 2. The predicted molar refractivity (Wildman–Crippen MR) is 70.8 cm³/mol. The first-order valence-corrected chi connectivity index (χ1v) is 5.78. The molecule has 0 spiro atoms. The van der Waals surface area contributed by atoms with Gasteiger partial charge >= 0.3 is 0 Å². The number of hydrogen-bond acceptors (Lipinski definition) is 3. The normalized spacial score (nSPS) is 10.6. The summed E-state index contributed by atoms with van der Waals surface area (Å²) in [5, 5.41) is 8.73. The molecular formula is C14H11N3O2. The van der Waals surface area contributed by atoms with Crippen molar-refractivity contribution in [1.29, 1.82) is 0 Å². The van der Waals surface area contributed by atoms with Gasteiger partial charge < -0.3 is 4.98 Å². The van der Waals surface area contributed by atoms with Crippen molar-refractivity contribution in [2.45, 2.75) is 0 Å². The average molecular weight is 253 g/mol. The van der Waals surface area contributed by atoms with Gasteiger partial charge in [-0.1, -0.05) is 36.4 Å². The van der Waals surface area contributed by atoms with Gasteiger partial charge in [-0.25, -0.2) is 10.5 Å². The number of H-pyrrole nitrogens is 1. The Hall–Kier alpha value is -2.66. The molecule has 3 aromatic rings. The van der Waals surface area contributed by atoms with E-state index in [0.717, 1.165) is 11.1 Å². The smallest absolute Gasteiger partial charge is 0.276 e. The lowest BCUT2D eigenvalue weighted by Crippen LogP contribution is -2.18. The first kappa shape index (κ1) is 11.4.